The van der Waals surface area contributed by atoms with E-state index in [1.807, 2.05) is 18.7 Å². The molecule has 2 aliphatic rings. The number of allylic oxidation sites excluding steroid dienone is 2. The molecule has 1 fully saturated rings. The summed E-state index contributed by atoms with van der Waals surface area (Å²) in [6.07, 6.45) is 18.7. The minimum atomic E-state index is 0.622. The van der Waals surface area contributed by atoms with Gasteiger partial charge in [0.2, 0.25) is 0 Å². The zero-order valence-electron chi connectivity index (χ0n) is 14.4. The van der Waals surface area contributed by atoms with E-state index >= 15 is 0 Å². The van der Waals surface area contributed by atoms with Crippen molar-refractivity contribution in [3.05, 3.63) is 54.1 Å². The second-order valence-corrected chi connectivity index (χ2v) is 7.61. The van der Waals surface area contributed by atoms with Crippen molar-refractivity contribution in [2.75, 3.05) is 5.73 Å². The summed E-state index contributed by atoms with van der Waals surface area (Å²) < 4.78 is 2.12. The minimum Gasteiger partial charge on any atom is -0.398 e. The summed E-state index contributed by atoms with van der Waals surface area (Å²) in [7, 11) is 0. The molecule has 1 heterocycles. The fourth-order valence-electron chi connectivity index (χ4n) is 4.48. The van der Waals surface area contributed by atoms with Crippen molar-refractivity contribution >= 4 is 11.3 Å². The summed E-state index contributed by atoms with van der Waals surface area (Å²) in [6, 6.07) is 6.56. The lowest BCUT2D eigenvalue weighted by molar-refractivity contribution is 0.271. The Labute approximate surface area is 144 Å². The molecule has 3 heteroatoms. The number of aryl methyl sites for hydroxylation is 2. The van der Waals surface area contributed by atoms with Crippen LogP contribution in [-0.4, -0.2) is 9.55 Å². The topological polar surface area (TPSA) is 43.8 Å². The predicted molar refractivity (Wildman–Crippen MR) is 99.5 cm³/mol. The fourth-order valence-corrected chi connectivity index (χ4v) is 4.48. The lowest BCUT2D eigenvalue weighted by atomic mass is 9.72. The van der Waals surface area contributed by atoms with E-state index in [4.69, 9.17) is 5.73 Å². The number of nitrogens with zero attached hydrogens (tertiary/aromatic N) is 2. The van der Waals surface area contributed by atoms with Gasteiger partial charge in [0.1, 0.15) is 0 Å². The molecule has 126 valence electrons. The van der Waals surface area contributed by atoms with Crippen molar-refractivity contribution in [2.24, 2.45) is 5.41 Å². The highest BCUT2D eigenvalue weighted by Crippen LogP contribution is 2.50. The monoisotopic (exact) mass is 321 g/mol. The molecule has 0 radical (unpaired) electrons. The Morgan fingerprint density at radius 1 is 1.17 bits per heavy atom. The van der Waals surface area contributed by atoms with Crippen LogP contribution in [0.15, 0.2) is 43.0 Å². The van der Waals surface area contributed by atoms with Crippen LogP contribution in [0.3, 0.4) is 0 Å². The number of benzene rings is 1. The molecule has 0 bridgehead atoms. The second-order valence-electron chi connectivity index (χ2n) is 7.61. The Bertz CT molecular complexity index is 722. The van der Waals surface area contributed by atoms with Gasteiger partial charge in [0, 0.05) is 30.2 Å². The average molecular weight is 321 g/mol. The normalized spacial score (nSPS) is 19.6. The lowest BCUT2D eigenvalue weighted by Gasteiger charge is -2.33. The number of hydrogen-bond donors (Lipinski definition) is 1. The molecule has 0 amide bonds. The summed E-state index contributed by atoms with van der Waals surface area (Å²) in [6.45, 7) is 0.964. The van der Waals surface area contributed by atoms with Crippen LogP contribution in [0.25, 0.3) is 5.57 Å². The number of nitrogens with two attached hydrogens (primary N) is 1. The van der Waals surface area contributed by atoms with Crippen LogP contribution in [-0.2, 0) is 13.0 Å². The Hall–Kier alpha value is -2.03. The Morgan fingerprint density at radius 2 is 2.04 bits per heavy atom. The van der Waals surface area contributed by atoms with Crippen molar-refractivity contribution < 1.29 is 0 Å². The molecular weight excluding hydrogens is 294 g/mol. The van der Waals surface area contributed by atoms with Gasteiger partial charge >= 0.3 is 0 Å². The van der Waals surface area contributed by atoms with Crippen LogP contribution in [0.5, 0.6) is 0 Å². The van der Waals surface area contributed by atoms with Crippen LogP contribution in [0, 0.1) is 5.41 Å². The molecule has 0 aliphatic heterocycles. The number of nitrogen functional groups attached to an aromatic ring is 1. The summed E-state index contributed by atoms with van der Waals surface area (Å²) >= 11 is 0. The third-order valence-corrected chi connectivity index (χ3v) is 6.05. The summed E-state index contributed by atoms with van der Waals surface area (Å²) in [4.78, 5) is 4.11. The smallest absolute Gasteiger partial charge is 0.0946 e. The van der Waals surface area contributed by atoms with Gasteiger partial charge in [-0.15, -0.1) is 0 Å². The molecule has 24 heavy (non-hydrogen) atoms. The maximum Gasteiger partial charge on any atom is 0.0946 e. The molecule has 2 aromatic rings. The van der Waals surface area contributed by atoms with Crippen molar-refractivity contribution in [3.63, 3.8) is 0 Å². The minimum absolute atomic E-state index is 0.622. The highest BCUT2D eigenvalue weighted by Gasteiger charge is 2.35. The van der Waals surface area contributed by atoms with E-state index in [2.05, 4.69) is 33.8 Å². The van der Waals surface area contributed by atoms with Gasteiger partial charge in [-0.2, -0.15) is 0 Å². The quantitative estimate of drug-likeness (QED) is 0.819. The Balaban J connectivity index is 1.50. The fraction of sp³-hybridized carbons (Fsp3) is 0.476. The maximum atomic E-state index is 6.30. The van der Waals surface area contributed by atoms with E-state index in [9.17, 15) is 0 Å². The zero-order chi connectivity index (χ0) is 16.4. The first-order valence-corrected chi connectivity index (χ1v) is 9.28. The van der Waals surface area contributed by atoms with Gasteiger partial charge in [-0.3, -0.25) is 0 Å². The second kappa shape index (κ2) is 6.46. The summed E-state index contributed by atoms with van der Waals surface area (Å²) in [5, 5.41) is 0. The van der Waals surface area contributed by atoms with Gasteiger partial charge in [-0.25, -0.2) is 4.98 Å². The number of imidazole rings is 1. The third-order valence-electron chi connectivity index (χ3n) is 6.05. The van der Waals surface area contributed by atoms with Crippen LogP contribution >= 0.6 is 0 Å². The highest BCUT2D eigenvalue weighted by atomic mass is 15.0. The van der Waals surface area contributed by atoms with Crippen LogP contribution in [0.2, 0.25) is 0 Å². The SMILES string of the molecule is Nc1ccc(CCn2ccnc2)cc1C1=CCC2(CCCC2)CC1. The van der Waals surface area contributed by atoms with Gasteiger partial charge in [0.25, 0.3) is 0 Å². The molecule has 0 atom stereocenters. The van der Waals surface area contributed by atoms with E-state index in [0.29, 0.717) is 5.41 Å². The third kappa shape index (κ3) is 3.12. The molecule has 0 saturated heterocycles. The number of rotatable bonds is 4. The molecule has 1 aromatic carbocycles. The molecule has 2 N–H and O–H groups in total. The van der Waals surface area contributed by atoms with Gasteiger partial charge < -0.3 is 10.3 Å². The first-order chi connectivity index (χ1) is 11.7. The summed E-state index contributed by atoms with van der Waals surface area (Å²) in [5.74, 6) is 0. The molecule has 1 spiro atoms. The standard InChI is InChI=1S/C21H27N3/c22-20-4-3-17(7-13-24-14-12-23-16-24)15-19(20)18-5-10-21(11-6-18)8-1-2-9-21/h3-5,12,14-16H,1-2,6-11,13,22H2. The number of aromatic nitrogens is 2. The molecule has 0 unspecified atom stereocenters. The van der Waals surface area contributed by atoms with E-state index in [1.165, 1.54) is 61.6 Å². The first-order valence-electron chi connectivity index (χ1n) is 9.28. The molecule has 3 nitrogen and oxygen atoms in total. The van der Waals surface area contributed by atoms with Gasteiger partial charge in [-0.05, 0) is 67.2 Å². The van der Waals surface area contributed by atoms with E-state index < -0.39 is 0 Å². The first kappa shape index (κ1) is 15.5. The van der Waals surface area contributed by atoms with Gasteiger partial charge in [0.15, 0.2) is 0 Å². The number of anilines is 1. The van der Waals surface area contributed by atoms with Gasteiger partial charge in [0.05, 0.1) is 6.33 Å². The maximum absolute atomic E-state index is 6.30. The predicted octanol–water partition coefficient (Wildman–Crippen LogP) is 4.84. The number of hydrogen-bond acceptors (Lipinski definition) is 2. The van der Waals surface area contributed by atoms with Crippen molar-refractivity contribution in [1.82, 2.24) is 9.55 Å². The summed E-state index contributed by atoms with van der Waals surface area (Å²) in [5.41, 5.74) is 11.9. The zero-order valence-corrected chi connectivity index (χ0v) is 14.4. The molecule has 2 aliphatic carbocycles. The molecule has 1 aromatic heterocycles. The Kier molecular flexibility index (Phi) is 4.17. The van der Waals surface area contributed by atoms with Crippen LogP contribution < -0.4 is 5.73 Å². The van der Waals surface area contributed by atoms with E-state index in [0.717, 1.165) is 18.7 Å². The largest absolute Gasteiger partial charge is 0.398 e. The van der Waals surface area contributed by atoms with Crippen molar-refractivity contribution in [3.8, 4) is 0 Å². The van der Waals surface area contributed by atoms with Crippen LogP contribution in [0.1, 0.15) is 56.1 Å². The van der Waals surface area contributed by atoms with Crippen molar-refractivity contribution in [1.29, 1.82) is 0 Å². The van der Waals surface area contributed by atoms with E-state index in [1.54, 1.807) is 0 Å². The Morgan fingerprint density at radius 3 is 2.75 bits per heavy atom. The molecular formula is C21H27N3. The lowest BCUT2D eigenvalue weighted by Crippen LogP contribution is -2.19. The highest BCUT2D eigenvalue weighted by molar-refractivity contribution is 5.76. The van der Waals surface area contributed by atoms with E-state index in [-0.39, 0.29) is 0 Å². The van der Waals surface area contributed by atoms with Crippen LogP contribution in [0.4, 0.5) is 5.69 Å². The average Bonchev–Trinajstić information content (AvgIpc) is 3.28. The van der Waals surface area contributed by atoms with Gasteiger partial charge in [-0.1, -0.05) is 25.0 Å². The van der Waals surface area contributed by atoms with Crippen molar-refractivity contribution in [2.45, 2.75) is 57.9 Å². The molecule has 4 rings (SSSR count). The molecule has 1 saturated carbocycles.